The normalized spacial score (nSPS) is 17.7. The van der Waals surface area contributed by atoms with E-state index in [-0.39, 0.29) is 17.7 Å². The van der Waals surface area contributed by atoms with Crippen LogP contribution in [0.15, 0.2) is 66.9 Å². The molecule has 2 aliphatic heterocycles. The average Bonchev–Trinajstić information content (AvgIpc) is 2.89. The van der Waals surface area contributed by atoms with Gasteiger partial charge in [-0.05, 0) is 73.2 Å². The summed E-state index contributed by atoms with van der Waals surface area (Å²) >= 11 is 0. The third-order valence-electron chi connectivity index (χ3n) is 6.85. The third-order valence-corrected chi connectivity index (χ3v) is 6.85. The zero-order valence-electron chi connectivity index (χ0n) is 19.5. The summed E-state index contributed by atoms with van der Waals surface area (Å²) in [7, 11) is 0. The van der Waals surface area contributed by atoms with Gasteiger partial charge in [0.25, 0.3) is 5.91 Å². The molecule has 5 rings (SSSR count). The molecule has 0 aliphatic carbocycles. The molecule has 3 heterocycles. The molecule has 1 N–H and O–H groups in total. The highest BCUT2D eigenvalue weighted by atomic mass is 16.2. The van der Waals surface area contributed by atoms with E-state index in [1.54, 1.807) is 6.20 Å². The van der Waals surface area contributed by atoms with Gasteiger partial charge in [0.15, 0.2) is 0 Å². The Morgan fingerprint density at radius 3 is 2.53 bits per heavy atom. The van der Waals surface area contributed by atoms with Gasteiger partial charge in [-0.2, -0.15) is 0 Å². The van der Waals surface area contributed by atoms with Crippen LogP contribution < -0.4 is 10.2 Å². The van der Waals surface area contributed by atoms with Gasteiger partial charge in [-0.15, -0.1) is 0 Å². The molecule has 34 heavy (non-hydrogen) atoms. The number of hydrogen-bond donors (Lipinski definition) is 1. The first-order chi connectivity index (χ1) is 16.6. The topological polar surface area (TPSA) is 65.5 Å². The average molecular weight is 455 g/mol. The maximum absolute atomic E-state index is 13.2. The molecule has 0 bridgehead atoms. The van der Waals surface area contributed by atoms with Crippen molar-refractivity contribution in [2.24, 2.45) is 5.92 Å². The number of carbonyl (C=O) groups is 2. The van der Waals surface area contributed by atoms with Gasteiger partial charge < -0.3 is 15.1 Å². The number of carbonyl (C=O) groups excluding carboxylic acids is 2. The van der Waals surface area contributed by atoms with Gasteiger partial charge in [0, 0.05) is 43.6 Å². The maximum Gasteiger partial charge on any atom is 0.253 e. The molecule has 1 saturated heterocycles. The maximum atomic E-state index is 13.2. The Morgan fingerprint density at radius 1 is 0.971 bits per heavy atom. The third kappa shape index (κ3) is 4.81. The highest BCUT2D eigenvalue weighted by Crippen LogP contribution is 2.26. The number of amides is 2. The fraction of sp³-hybridized carbons (Fsp3) is 0.321. The summed E-state index contributed by atoms with van der Waals surface area (Å²) in [6, 6.07) is 20.2. The van der Waals surface area contributed by atoms with Crippen LogP contribution >= 0.6 is 0 Å². The molecule has 174 valence electrons. The van der Waals surface area contributed by atoms with E-state index in [9.17, 15) is 9.59 Å². The van der Waals surface area contributed by atoms with E-state index in [0.717, 1.165) is 43.6 Å². The smallest absolute Gasteiger partial charge is 0.253 e. The van der Waals surface area contributed by atoms with Crippen LogP contribution in [-0.4, -0.2) is 41.3 Å². The fourth-order valence-corrected chi connectivity index (χ4v) is 4.86. The number of benzene rings is 2. The molecule has 6 heteroatoms. The summed E-state index contributed by atoms with van der Waals surface area (Å²) in [6.07, 6.45) is 4.36. The van der Waals surface area contributed by atoms with E-state index in [1.165, 1.54) is 11.1 Å². The number of nitrogens with zero attached hydrogens (tertiary/aromatic N) is 3. The highest BCUT2D eigenvalue weighted by molar-refractivity contribution is 5.96. The zero-order valence-corrected chi connectivity index (χ0v) is 19.5. The molecule has 0 radical (unpaired) electrons. The number of piperidine rings is 1. The summed E-state index contributed by atoms with van der Waals surface area (Å²) in [5.74, 6) is 0.236. The van der Waals surface area contributed by atoms with E-state index >= 15 is 0 Å². The fourth-order valence-electron chi connectivity index (χ4n) is 4.86. The van der Waals surface area contributed by atoms with Gasteiger partial charge in [0.2, 0.25) is 5.91 Å². The Hall–Kier alpha value is -3.67. The van der Waals surface area contributed by atoms with Crippen molar-refractivity contribution in [3.8, 4) is 0 Å². The number of rotatable bonds is 4. The Kier molecular flexibility index (Phi) is 6.30. The number of anilines is 2. The molecule has 2 amide bonds. The lowest BCUT2D eigenvalue weighted by Crippen LogP contribution is -2.43. The van der Waals surface area contributed by atoms with Crippen molar-refractivity contribution in [3.05, 3.63) is 89.1 Å². The van der Waals surface area contributed by atoms with Gasteiger partial charge in [-0.3, -0.25) is 9.59 Å². The molecular formula is C28H30N4O2. The highest BCUT2D eigenvalue weighted by Gasteiger charge is 2.29. The van der Waals surface area contributed by atoms with Crippen molar-refractivity contribution < 1.29 is 9.59 Å². The minimum atomic E-state index is -0.228. The van der Waals surface area contributed by atoms with Crippen LogP contribution in [0.3, 0.4) is 0 Å². The molecule has 0 saturated carbocycles. The summed E-state index contributed by atoms with van der Waals surface area (Å²) in [5, 5.41) is 2.90. The van der Waals surface area contributed by atoms with E-state index in [2.05, 4.69) is 39.5 Å². The number of aromatic nitrogens is 1. The van der Waals surface area contributed by atoms with Crippen LogP contribution in [0.25, 0.3) is 0 Å². The molecule has 3 aromatic rings. The SMILES string of the molecule is Cc1ccc(NC(=O)C2CCCN(C(=O)c3ccc(N4CCc5ccccc5C4)cc3)C2)nc1. The van der Waals surface area contributed by atoms with E-state index < -0.39 is 0 Å². The molecule has 0 spiro atoms. The standard InChI is InChI=1S/C28H30N4O2/c1-20-8-13-26(29-17-20)30-27(33)24-7-4-15-32(19-24)28(34)22-9-11-25(12-10-22)31-16-14-21-5-2-3-6-23(21)18-31/h2-3,5-6,8-13,17,24H,4,7,14-16,18-19H2,1H3,(H,29,30,33). The Morgan fingerprint density at radius 2 is 1.76 bits per heavy atom. The van der Waals surface area contributed by atoms with Crippen molar-refractivity contribution in [3.63, 3.8) is 0 Å². The second kappa shape index (κ2) is 9.67. The van der Waals surface area contributed by atoms with Gasteiger partial charge in [-0.25, -0.2) is 4.98 Å². The molecule has 2 aromatic carbocycles. The minimum Gasteiger partial charge on any atom is -0.367 e. The van der Waals surface area contributed by atoms with Crippen molar-refractivity contribution in [2.75, 3.05) is 29.9 Å². The zero-order chi connectivity index (χ0) is 23.5. The second-order valence-corrected chi connectivity index (χ2v) is 9.29. The van der Waals surface area contributed by atoms with Gasteiger partial charge in [0.05, 0.1) is 5.92 Å². The molecule has 2 aliphatic rings. The Labute approximate surface area is 200 Å². The van der Waals surface area contributed by atoms with Crippen molar-refractivity contribution in [1.29, 1.82) is 0 Å². The van der Waals surface area contributed by atoms with Crippen molar-refractivity contribution >= 4 is 23.3 Å². The van der Waals surface area contributed by atoms with Crippen molar-refractivity contribution in [2.45, 2.75) is 32.7 Å². The number of pyridine rings is 1. The first-order valence-electron chi connectivity index (χ1n) is 12.0. The molecule has 6 nitrogen and oxygen atoms in total. The summed E-state index contributed by atoms with van der Waals surface area (Å²) in [6.45, 7) is 4.93. The monoisotopic (exact) mass is 454 g/mol. The Bertz CT molecular complexity index is 1170. The molecular weight excluding hydrogens is 424 g/mol. The minimum absolute atomic E-state index is 0.0125. The van der Waals surface area contributed by atoms with Crippen LogP contribution in [-0.2, 0) is 17.8 Å². The van der Waals surface area contributed by atoms with E-state index in [0.29, 0.717) is 24.5 Å². The molecule has 1 fully saturated rings. The van der Waals surface area contributed by atoms with E-state index in [1.807, 2.05) is 48.2 Å². The van der Waals surface area contributed by atoms with Crippen LogP contribution in [0.1, 0.15) is 39.9 Å². The van der Waals surface area contributed by atoms with Crippen LogP contribution in [0.4, 0.5) is 11.5 Å². The molecule has 1 aromatic heterocycles. The second-order valence-electron chi connectivity index (χ2n) is 9.29. The quantitative estimate of drug-likeness (QED) is 0.633. The van der Waals surface area contributed by atoms with Crippen LogP contribution in [0, 0.1) is 12.8 Å². The van der Waals surface area contributed by atoms with Gasteiger partial charge >= 0.3 is 0 Å². The lowest BCUT2D eigenvalue weighted by molar-refractivity contribution is -0.121. The lowest BCUT2D eigenvalue weighted by atomic mass is 9.96. The molecule has 1 atom stereocenters. The largest absolute Gasteiger partial charge is 0.367 e. The van der Waals surface area contributed by atoms with E-state index in [4.69, 9.17) is 0 Å². The van der Waals surface area contributed by atoms with Crippen LogP contribution in [0.5, 0.6) is 0 Å². The first-order valence-corrected chi connectivity index (χ1v) is 12.0. The summed E-state index contributed by atoms with van der Waals surface area (Å²) in [5.41, 5.74) is 5.64. The number of nitrogens with one attached hydrogen (secondary N) is 1. The number of aryl methyl sites for hydroxylation is 1. The number of fused-ring (bicyclic) bond motifs is 1. The summed E-state index contributed by atoms with van der Waals surface area (Å²) < 4.78 is 0. The van der Waals surface area contributed by atoms with Gasteiger partial charge in [0.1, 0.15) is 5.82 Å². The lowest BCUT2D eigenvalue weighted by Gasteiger charge is -2.32. The first kappa shape index (κ1) is 22.1. The molecule has 1 unspecified atom stereocenters. The van der Waals surface area contributed by atoms with Gasteiger partial charge in [-0.1, -0.05) is 30.3 Å². The van der Waals surface area contributed by atoms with Crippen molar-refractivity contribution in [1.82, 2.24) is 9.88 Å². The number of hydrogen-bond acceptors (Lipinski definition) is 4. The van der Waals surface area contributed by atoms with Crippen LogP contribution in [0.2, 0.25) is 0 Å². The summed E-state index contributed by atoms with van der Waals surface area (Å²) in [4.78, 5) is 34.4. The number of likely N-dealkylation sites (tertiary alicyclic amines) is 1. The predicted octanol–water partition coefficient (Wildman–Crippen LogP) is 4.44. The predicted molar refractivity (Wildman–Crippen MR) is 134 cm³/mol. The Balaban J connectivity index is 1.21.